The summed E-state index contributed by atoms with van der Waals surface area (Å²) in [5, 5.41) is 15.1. The molecule has 0 radical (unpaired) electrons. The van der Waals surface area contributed by atoms with Crippen LogP contribution in [0.25, 0.3) is 113 Å². The standard InChI is InChI=1S/C52H34OS/c1-3-4-11-31(2)33-18-19-35-29-36(21-20-34(35)28-33)48-38-12-5-7-14-40(38)49(41-15-8-6-13-39(41)48)37-22-25-43-47(30-37)54-46-27-24-32-23-26-45-51(50(32)52(43)46)42-16-9-10-17-44(42)53-45/h3-30H,1-2H3/b4-3-,31-11+. The molecule has 2 heteroatoms. The Bertz CT molecular complexity index is 3350. The van der Waals surface area contributed by atoms with E-state index in [2.05, 4.69) is 178 Å². The van der Waals surface area contributed by atoms with Gasteiger partial charge in [0, 0.05) is 36.3 Å². The smallest absolute Gasteiger partial charge is 0.136 e. The van der Waals surface area contributed by atoms with Gasteiger partial charge in [-0.05, 0) is 121 Å². The van der Waals surface area contributed by atoms with Crippen LogP contribution in [-0.4, -0.2) is 0 Å². The van der Waals surface area contributed by atoms with Crippen LogP contribution in [0.1, 0.15) is 19.4 Å². The van der Waals surface area contributed by atoms with Crippen molar-refractivity contribution in [3.05, 3.63) is 175 Å². The molecule has 0 aliphatic carbocycles. The van der Waals surface area contributed by atoms with Crippen LogP contribution in [0.2, 0.25) is 0 Å². The minimum Gasteiger partial charge on any atom is -0.456 e. The first-order valence-electron chi connectivity index (χ1n) is 18.6. The molecule has 254 valence electrons. The van der Waals surface area contributed by atoms with Gasteiger partial charge in [0.1, 0.15) is 11.2 Å². The van der Waals surface area contributed by atoms with Crippen molar-refractivity contribution < 1.29 is 4.42 Å². The van der Waals surface area contributed by atoms with E-state index in [0.29, 0.717) is 0 Å². The molecule has 9 aromatic carbocycles. The Morgan fingerprint density at radius 1 is 0.481 bits per heavy atom. The van der Waals surface area contributed by atoms with Crippen molar-refractivity contribution in [2.24, 2.45) is 0 Å². The molecule has 0 fully saturated rings. The molecule has 2 heterocycles. The van der Waals surface area contributed by atoms with Crippen LogP contribution in [0.3, 0.4) is 0 Å². The summed E-state index contributed by atoms with van der Waals surface area (Å²) in [5.74, 6) is 0. The number of para-hydroxylation sites is 1. The quantitative estimate of drug-likeness (QED) is 0.131. The van der Waals surface area contributed by atoms with Gasteiger partial charge >= 0.3 is 0 Å². The van der Waals surface area contributed by atoms with Crippen LogP contribution >= 0.6 is 11.3 Å². The second kappa shape index (κ2) is 12.0. The molecule has 11 rings (SSSR count). The van der Waals surface area contributed by atoms with Gasteiger partial charge in [0.05, 0.1) is 0 Å². The van der Waals surface area contributed by atoms with Gasteiger partial charge in [0.2, 0.25) is 0 Å². The number of benzene rings is 9. The molecule has 0 bridgehead atoms. The van der Waals surface area contributed by atoms with E-state index in [1.807, 2.05) is 17.4 Å². The first kappa shape index (κ1) is 31.1. The van der Waals surface area contributed by atoms with Crippen LogP contribution in [0.15, 0.2) is 174 Å². The van der Waals surface area contributed by atoms with E-state index in [4.69, 9.17) is 4.42 Å². The van der Waals surface area contributed by atoms with Crippen molar-refractivity contribution in [1.29, 1.82) is 0 Å². The van der Waals surface area contributed by atoms with E-state index in [9.17, 15) is 0 Å². The first-order valence-corrected chi connectivity index (χ1v) is 19.4. The SMILES string of the molecule is C/C=C\C=C(/C)c1ccc2cc(-c3c4ccccc4c(-c4ccc5c(c4)sc4ccc6ccc7oc8ccccc8c7c6c45)c4ccccc34)ccc2c1. The monoisotopic (exact) mass is 706 g/mol. The number of rotatable bonds is 4. The van der Waals surface area contributed by atoms with E-state index in [-0.39, 0.29) is 0 Å². The fraction of sp³-hybridized carbons (Fsp3) is 0.0385. The maximum absolute atomic E-state index is 6.34. The van der Waals surface area contributed by atoms with Crippen LogP contribution in [0.5, 0.6) is 0 Å². The largest absolute Gasteiger partial charge is 0.456 e. The van der Waals surface area contributed by atoms with E-state index < -0.39 is 0 Å². The molecule has 0 spiro atoms. The van der Waals surface area contributed by atoms with E-state index in [1.54, 1.807) is 0 Å². The molecule has 2 aromatic heterocycles. The fourth-order valence-electron chi connectivity index (χ4n) is 8.79. The number of furan rings is 1. The highest BCUT2D eigenvalue weighted by Crippen LogP contribution is 2.48. The van der Waals surface area contributed by atoms with Gasteiger partial charge in [0.15, 0.2) is 0 Å². The van der Waals surface area contributed by atoms with E-state index in [0.717, 1.165) is 11.2 Å². The summed E-state index contributed by atoms with van der Waals surface area (Å²) in [5.41, 5.74) is 9.43. The average Bonchev–Trinajstić information content (AvgIpc) is 3.79. The molecular formula is C52H34OS. The average molecular weight is 707 g/mol. The molecule has 0 saturated carbocycles. The third kappa shape index (κ3) is 4.63. The summed E-state index contributed by atoms with van der Waals surface area (Å²) in [7, 11) is 0. The second-order valence-electron chi connectivity index (χ2n) is 14.4. The molecule has 11 aromatic rings. The van der Waals surface area contributed by atoms with Gasteiger partial charge in [-0.25, -0.2) is 0 Å². The minimum atomic E-state index is 0.932. The Morgan fingerprint density at radius 3 is 1.83 bits per heavy atom. The topological polar surface area (TPSA) is 13.1 Å². The Kier molecular flexibility index (Phi) is 6.92. The number of hydrogen-bond acceptors (Lipinski definition) is 2. The lowest BCUT2D eigenvalue weighted by molar-refractivity contribution is 0.669. The minimum absolute atomic E-state index is 0.932. The molecular weight excluding hydrogens is 673 g/mol. The molecule has 0 atom stereocenters. The number of hydrogen-bond donors (Lipinski definition) is 0. The van der Waals surface area contributed by atoms with Crippen molar-refractivity contribution in [1.82, 2.24) is 0 Å². The van der Waals surface area contributed by atoms with Gasteiger partial charge in [-0.1, -0.05) is 133 Å². The second-order valence-corrected chi connectivity index (χ2v) is 15.5. The van der Waals surface area contributed by atoms with Crippen LogP contribution in [0.4, 0.5) is 0 Å². The van der Waals surface area contributed by atoms with Gasteiger partial charge in [0.25, 0.3) is 0 Å². The summed E-state index contributed by atoms with van der Waals surface area (Å²) in [6.07, 6.45) is 6.35. The molecule has 1 nitrogen and oxygen atoms in total. The Labute approximate surface area is 316 Å². The van der Waals surface area contributed by atoms with Gasteiger partial charge in [-0.2, -0.15) is 0 Å². The van der Waals surface area contributed by atoms with Crippen LogP contribution in [0, 0.1) is 0 Å². The predicted molar refractivity (Wildman–Crippen MR) is 236 cm³/mol. The molecule has 0 saturated heterocycles. The normalized spacial score (nSPS) is 12.7. The van der Waals surface area contributed by atoms with Crippen molar-refractivity contribution in [2.75, 3.05) is 0 Å². The lowest BCUT2D eigenvalue weighted by atomic mass is 9.85. The maximum atomic E-state index is 6.34. The number of fused-ring (bicyclic) bond motifs is 12. The summed E-state index contributed by atoms with van der Waals surface area (Å²) in [6.45, 7) is 4.23. The lowest BCUT2D eigenvalue weighted by Gasteiger charge is -2.18. The zero-order valence-electron chi connectivity index (χ0n) is 30.0. The van der Waals surface area contributed by atoms with Crippen molar-refractivity contribution >= 4 is 102 Å². The predicted octanol–water partition coefficient (Wildman–Crippen LogP) is 15.9. The number of thiophene rings is 1. The molecule has 0 amide bonds. The van der Waals surface area contributed by atoms with E-state index in [1.165, 1.54) is 107 Å². The van der Waals surface area contributed by atoms with Crippen LogP contribution in [-0.2, 0) is 0 Å². The highest BCUT2D eigenvalue weighted by atomic mass is 32.1. The Morgan fingerprint density at radius 2 is 1.09 bits per heavy atom. The third-order valence-corrected chi connectivity index (χ3v) is 12.4. The van der Waals surface area contributed by atoms with Crippen molar-refractivity contribution in [3.8, 4) is 22.3 Å². The zero-order valence-corrected chi connectivity index (χ0v) is 30.8. The fourth-order valence-corrected chi connectivity index (χ4v) is 9.94. The van der Waals surface area contributed by atoms with Gasteiger partial charge in [-0.3, -0.25) is 0 Å². The molecule has 0 N–H and O–H groups in total. The van der Waals surface area contributed by atoms with Gasteiger partial charge < -0.3 is 4.42 Å². The summed E-state index contributed by atoms with van der Waals surface area (Å²) in [4.78, 5) is 0. The van der Waals surface area contributed by atoms with Crippen molar-refractivity contribution in [2.45, 2.75) is 13.8 Å². The molecule has 0 aliphatic heterocycles. The van der Waals surface area contributed by atoms with Crippen molar-refractivity contribution in [3.63, 3.8) is 0 Å². The summed E-state index contributed by atoms with van der Waals surface area (Å²) >= 11 is 1.88. The molecule has 0 aliphatic rings. The summed E-state index contributed by atoms with van der Waals surface area (Å²) < 4.78 is 8.93. The first-order chi connectivity index (χ1) is 26.6. The van der Waals surface area contributed by atoms with Gasteiger partial charge in [-0.15, -0.1) is 11.3 Å². The molecule has 54 heavy (non-hydrogen) atoms. The Balaban J connectivity index is 1.13. The zero-order chi connectivity index (χ0) is 35.9. The Hall–Kier alpha value is -6.48. The molecule has 0 unspecified atom stereocenters. The van der Waals surface area contributed by atoms with E-state index >= 15 is 0 Å². The third-order valence-electron chi connectivity index (χ3n) is 11.3. The highest BCUT2D eigenvalue weighted by Gasteiger charge is 2.20. The lowest BCUT2D eigenvalue weighted by Crippen LogP contribution is -1.91. The van der Waals surface area contributed by atoms with Crippen LogP contribution < -0.4 is 0 Å². The highest BCUT2D eigenvalue weighted by molar-refractivity contribution is 7.26. The maximum Gasteiger partial charge on any atom is 0.136 e. The summed E-state index contributed by atoms with van der Waals surface area (Å²) in [6, 6.07) is 56.1. The number of allylic oxidation sites excluding steroid dienone is 4.